The number of nitrogens with zero attached hydrogens (tertiary/aromatic N) is 21. The van der Waals surface area contributed by atoms with Crippen LogP contribution in [0.1, 0.15) is 0 Å². The summed E-state index contributed by atoms with van der Waals surface area (Å²) in [6.07, 6.45) is 28.6. The Kier molecular flexibility index (Phi) is 26.1. The van der Waals surface area contributed by atoms with Crippen LogP contribution in [-0.2, 0) is 0 Å². The van der Waals surface area contributed by atoms with Crippen molar-refractivity contribution < 1.29 is 0 Å². The lowest BCUT2D eigenvalue weighted by molar-refractivity contribution is 1.06. The van der Waals surface area contributed by atoms with E-state index in [1.165, 1.54) is 0 Å². The fourth-order valence-corrected chi connectivity index (χ4v) is 16.7. The molecule has 15 aromatic heterocycles. The molecule has 0 aliphatic carbocycles. The predicted molar refractivity (Wildman–Crippen MR) is 567 cm³/mol. The second kappa shape index (κ2) is 42.2. The van der Waals surface area contributed by atoms with Crippen LogP contribution in [0.2, 0.25) is 0 Å². The number of hydrogen-bond acceptors (Lipinski definition) is 21. The van der Waals surface area contributed by atoms with E-state index in [1.54, 1.807) is 93.0 Å². The summed E-state index contributed by atoms with van der Waals surface area (Å²) in [6, 6.07) is 132. The van der Waals surface area contributed by atoms with Gasteiger partial charge in [-0.1, -0.05) is 200 Å². The zero-order valence-electron chi connectivity index (χ0n) is 77.2. The van der Waals surface area contributed by atoms with Gasteiger partial charge < -0.3 is 0 Å². The molecule has 678 valence electrons. The average molecular weight is 1850 g/mol. The molecule has 24 aromatic rings. The lowest BCUT2D eigenvalue weighted by Crippen LogP contribution is -2.02. The highest BCUT2D eigenvalue weighted by atomic mass is 15.1. The molecule has 0 spiro atoms. The first-order valence-corrected chi connectivity index (χ1v) is 46.6. The highest BCUT2D eigenvalue weighted by Gasteiger charge is 2.23. The molecule has 15 heterocycles. The van der Waals surface area contributed by atoms with E-state index in [1.807, 2.05) is 249 Å². The number of hydrogen-bond donors (Lipinski definition) is 0. The van der Waals surface area contributed by atoms with Crippen LogP contribution in [0, 0.1) is 0 Å². The van der Waals surface area contributed by atoms with Crippen LogP contribution in [0.3, 0.4) is 0 Å². The Morgan fingerprint density at radius 1 is 0.0972 bits per heavy atom. The molecule has 0 aliphatic rings. The quantitative estimate of drug-likeness (QED) is 0.0646. The van der Waals surface area contributed by atoms with Gasteiger partial charge in [0, 0.05) is 188 Å². The minimum absolute atomic E-state index is 0.453. The fraction of sp³-hybridized carbons (Fsp3) is 0. The van der Waals surface area contributed by atoms with Crippen molar-refractivity contribution in [3.05, 3.63) is 493 Å². The summed E-state index contributed by atoms with van der Waals surface area (Å²) in [7, 11) is 0. The van der Waals surface area contributed by atoms with E-state index in [9.17, 15) is 0 Å². The van der Waals surface area contributed by atoms with Gasteiger partial charge in [0.1, 0.15) is 5.69 Å². The van der Waals surface area contributed by atoms with Gasteiger partial charge in [-0.3, -0.25) is 59.8 Å². The van der Waals surface area contributed by atoms with E-state index in [4.69, 9.17) is 54.8 Å². The van der Waals surface area contributed by atoms with Gasteiger partial charge in [0.05, 0.1) is 39.9 Å². The number of pyridine rings is 12. The van der Waals surface area contributed by atoms with Crippen molar-refractivity contribution in [2.45, 2.75) is 0 Å². The summed E-state index contributed by atoms with van der Waals surface area (Å²) in [5.74, 6) is 4.92. The maximum atomic E-state index is 5.07. The lowest BCUT2D eigenvalue weighted by Gasteiger charge is -2.12. The first-order chi connectivity index (χ1) is 71.3. The van der Waals surface area contributed by atoms with Crippen LogP contribution in [0.4, 0.5) is 0 Å². The molecule has 21 nitrogen and oxygen atoms in total. The molecule has 0 saturated heterocycles. The first-order valence-electron chi connectivity index (χ1n) is 46.6. The van der Waals surface area contributed by atoms with Gasteiger partial charge in [0.15, 0.2) is 52.4 Å². The molecule has 0 saturated carbocycles. The summed E-state index contributed by atoms with van der Waals surface area (Å²) in [6.45, 7) is 0. The smallest absolute Gasteiger partial charge is 0.182 e. The summed E-state index contributed by atoms with van der Waals surface area (Å²) in [5.41, 5.74) is 31.0. The molecule has 0 bridgehead atoms. The molecule has 0 atom stereocenters. The molecular formula is C123H81N21. The minimum Gasteiger partial charge on any atom is -0.265 e. The third-order valence-electron chi connectivity index (χ3n) is 24.1. The predicted octanol–water partition coefficient (Wildman–Crippen LogP) is 27.4. The lowest BCUT2D eigenvalue weighted by atomic mass is 9.96. The molecule has 0 radical (unpaired) electrons. The molecular weight excluding hydrogens is 1770 g/mol. The second-order valence-corrected chi connectivity index (χ2v) is 33.5. The summed E-state index contributed by atoms with van der Waals surface area (Å²) in [5, 5.41) is 0. The van der Waals surface area contributed by atoms with E-state index in [2.05, 4.69) is 201 Å². The molecule has 144 heavy (non-hydrogen) atoms. The Balaban J connectivity index is 0.000000123. The topological polar surface area (TPSA) is 271 Å². The Bertz CT molecular complexity index is 7210. The third-order valence-corrected chi connectivity index (χ3v) is 24.1. The number of benzene rings is 9. The fourth-order valence-electron chi connectivity index (χ4n) is 16.7. The van der Waals surface area contributed by atoms with Gasteiger partial charge in [-0.05, 0) is 244 Å². The molecule has 21 heteroatoms. The van der Waals surface area contributed by atoms with Crippen LogP contribution in [0.5, 0.6) is 0 Å². The first kappa shape index (κ1) is 89.0. The van der Waals surface area contributed by atoms with Crippen molar-refractivity contribution in [3.8, 4) is 237 Å². The van der Waals surface area contributed by atoms with Crippen LogP contribution in [0.15, 0.2) is 493 Å². The summed E-state index contributed by atoms with van der Waals surface area (Å²) in [4.78, 5) is 98.9. The second-order valence-electron chi connectivity index (χ2n) is 33.5. The molecule has 0 aliphatic heterocycles. The number of aromatic nitrogens is 21. The monoisotopic (exact) mass is 1850 g/mol. The van der Waals surface area contributed by atoms with Gasteiger partial charge in [-0.15, -0.1) is 0 Å². The molecule has 24 rings (SSSR count). The molecule has 0 unspecified atom stereocenters. The van der Waals surface area contributed by atoms with E-state index in [-0.39, 0.29) is 0 Å². The van der Waals surface area contributed by atoms with Crippen molar-refractivity contribution >= 4 is 0 Å². The van der Waals surface area contributed by atoms with Crippen molar-refractivity contribution in [1.29, 1.82) is 0 Å². The average Bonchev–Trinajstić information content (AvgIpc) is 0.784. The molecule has 9 aromatic carbocycles. The van der Waals surface area contributed by atoms with Gasteiger partial charge in [-0.2, -0.15) is 0 Å². The third kappa shape index (κ3) is 20.9. The zero-order chi connectivity index (χ0) is 96.4. The number of rotatable bonds is 21. The van der Waals surface area contributed by atoms with Crippen molar-refractivity contribution in [2.75, 3.05) is 0 Å². The van der Waals surface area contributed by atoms with E-state index in [0.29, 0.717) is 58.1 Å². The highest BCUT2D eigenvalue weighted by molar-refractivity contribution is 5.85. The normalized spacial score (nSPS) is 10.9. The SMILES string of the molecule is c1cc(-c2ccc(-c3nc(-c4ccc(-c5ccncc5)nc4)nc(-c4cc(-c5ccncc5)cc(-c5ccncc5)c4)n3)nc2)ccn1.c1ccc(-c2ccc(-c3nc(-c4ccc(-c5ccccc5)cc4)nc(-c4cc(-c5ccccn5)cc(-c5ccccn5)c4)n3)cc2)cc1.c1ccc(-c2ccc(-c3nc(-c4ccc(-c5ccccn5)cc4)nc(-c4cc(-c5ccccn5)cc(-c5ccccn5)c4)n3)cc2)nc1. The van der Waals surface area contributed by atoms with Crippen LogP contribution in [-0.4, -0.2) is 105 Å². The maximum Gasteiger partial charge on any atom is 0.182 e. The van der Waals surface area contributed by atoms with E-state index >= 15 is 0 Å². The van der Waals surface area contributed by atoms with Crippen molar-refractivity contribution in [1.82, 2.24) is 105 Å². The van der Waals surface area contributed by atoms with Crippen LogP contribution >= 0.6 is 0 Å². The van der Waals surface area contributed by atoms with Gasteiger partial charge in [0.25, 0.3) is 0 Å². The Morgan fingerprint density at radius 2 is 0.292 bits per heavy atom. The molecule has 0 amide bonds. The highest BCUT2D eigenvalue weighted by Crippen LogP contribution is 2.40. The van der Waals surface area contributed by atoms with E-state index in [0.717, 1.165) is 179 Å². The molecule has 0 fully saturated rings. The van der Waals surface area contributed by atoms with Crippen molar-refractivity contribution in [2.24, 2.45) is 0 Å². The maximum absolute atomic E-state index is 5.07. The van der Waals surface area contributed by atoms with E-state index < -0.39 is 0 Å². The van der Waals surface area contributed by atoms with Crippen LogP contribution in [0.25, 0.3) is 237 Å². The van der Waals surface area contributed by atoms with Gasteiger partial charge >= 0.3 is 0 Å². The zero-order valence-corrected chi connectivity index (χ0v) is 77.2. The van der Waals surface area contributed by atoms with Crippen LogP contribution < -0.4 is 0 Å². The Hall–Kier alpha value is -20.2. The van der Waals surface area contributed by atoms with Crippen molar-refractivity contribution in [3.63, 3.8) is 0 Å². The summed E-state index contributed by atoms with van der Waals surface area (Å²) >= 11 is 0. The standard InChI is InChI=1S/C43H29N5.C41H27N7.C39H25N9/c1-3-11-30(12-4-1)32-17-21-34(22-18-32)41-46-42(35-23-19-33(20-24-35)31-13-5-2-6-14-31)48-43(47-41)38-28-36(39-15-7-9-25-44-39)27-37(29-38)40-16-8-10-26-45-40;1-5-21-42-35(9-1)28-13-17-30(18-14-28)39-46-40(31-19-15-29(16-20-31)36-10-2-6-22-43-36)48-41(47-39)34-26-32(37-11-3-7-23-44-37)25-33(27-34)38-12-4-8-24-45-38;1-4-36(45-24-30(1)26-5-13-40-14-6-26)39-47-37(31-2-3-35(44-25-31)29-11-19-43-20-12-29)46-38(48-39)34-22-32(27-7-15-41-16-8-27)21-33(23-34)28-9-17-42-18-10-28/h1-29H;1-27H;1-25H. The summed E-state index contributed by atoms with van der Waals surface area (Å²) < 4.78 is 0. The Morgan fingerprint density at radius 3 is 0.590 bits per heavy atom. The molecule has 0 N–H and O–H groups in total. The largest absolute Gasteiger partial charge is 0.265 e. The van der Waals surface area contributed by atoms with Gasteiger partial charge in [-0.25, -0.2) is 44.9 Å². The Labute approximate surface area is 829 Å². The minimum atomic E-state index is 0.453. The van der Waals surface area contributed by atoms with Gasteiger partial charge in [0.2, 0.25) is 0 Å².